The van der Waals surface area contributed by atoms with Gasteiger partial charge in [0.15, 0.2) is 0 Å². The summed E-state index contributed by atoms with van der Waals surface area (Å²) >= 11 is 7.71. The molecule has 0 aromatic heterocycles. The van der Waals surface area contributed by atoms with Crippen molar-refractivity contribution in [2.24, 2.45) is 5.73 Å². The second-order valence-corrected chi connectivity index (χ2v) is 9.20. The number of hydrogen-bond donors (Lipinski definition) is 2. The third kappa shape index (κ3) is 6.95. The van der Waals surface area contributed by atoms with Gasteiger partial charge in [-0.2, -0.15) is 0 Å². The Kier molecular flexibility index (Phi) is 8.19. The van der Waals surface area contributed by atoms with E-state index >= 15 is 0 Å². The number of halogens is 4. The monoisotopic (exact) mass is 487 g/mol. The van der Waals surface area contributed by atoms with Gasteiger partial charge in [0.2, 0.25) is 0 Å². The Balaban J connectivity index is 1.82. The minimum Gasteiger partial charge on any atom is -0.406 e. The van der Waals surface area contributed by atoms with Crippen molar-refractivity contribution in [2.45, 2.75) is 43.6 Å². The molecule has 0 unspecified atom stereocenters. The first-order valence-electron chi connectivity index (χ1n) is 10.3. The van der Waals surface area contributed by atoms with E-state index in [0.29, 0.717) is 23.8 Å². The summed E-state index contributed by atoms with van der Waals surface area (Å²) in [6.45, 7) is 3.40. The van der Waals surface area contributed by atoms with Crippen molar-refractivity contribution in [1.29, 1.82) is 0 Å². The Morgan fingerprint density at radius 1 is 1.25 bits per heavy atom. The minimum absolute atomic E-state index is 0.0662. The molecule has 0 spiro atoms. The highest BCUT2D eigenvalue weighted by molar-refractivity contribution is 7.99. The third-order valence-electron chi connectivity index (χ3n) is 5.05. The molecule has 1 heterocycles. The van der Waals surface area contributed by atoms with Gasteiger partial charge in [0, 0.05) is 52.9 Å². The highest BCUT2D eigenvalue weighted by Gasteiger charge is 2.32. The third-order valence-corrected chi connectivity index (χ3v) is 6.29. The fourth-order valence-corrected chi connectivity index (χ4v) is 4.49. The van der Waals surface area contributed by atoms with Crippen LogP contribution in [0.25, 0.3) is 0 Å². The van der Waals surface area contributed by atoms with Gasteiger partial charge >= 0.3 is 6.36 Å². The van der Waals surface area contributed by atoms with Crippen LogP contribution in [0.2, 0.25) is 5.02 Å². The van der Waals surface area contributed by atoms with E-state index in [-0.39, 0.29) is 18.2 Å². The molecule has 0 radical (unpaired) electrons. The maximum absolute atomic E-state index is 12.9. The van der Waals surface area contributed by atoms with Gasteiger partial charge in [-0.25, -0.2) is 0 Å². The van der Waals surface area contributed by atoms with E-state index in [1.165, 1.54) is 6.07 Å². The van der Waals surface area contributed by atoms with Crippen LogP contribution in [0.4, 0.5) is 18.9 Å². The summed E-state index contributed by atoms with van der Waals surface area (Å²) in [5.41, 5.74) is 7.35. The van der Waals surface area contributed by atoms with Gasteiger partial charge < -0.3 is 20.7 Å². The molecule has 0 bridgehead atoms. The number of piperidine rings is 1. The number of nitrogens with two attached hydrogens (primary N) is 1. The van der Waals surface area contributed by atoms with Crippen molar-refractivity contribution < 1.29 is 22.7 Å². The second-order valence-electron chi connectivity index (χ2n) is 7.46. The standard InChI is InChI=1S/C22H25ClF3N3O2S/c1-2-32-20-4-3-16(23)9-15(20)13-28-21(30)14-10-18(29-7-5-17(27)6-8-29)12-19(11-14)31-22(24,25)26/h3-4,9-12,17H,2,5-8,13,27H2,1H3,(H,28,30). The van der Waals surface area contributed by atoms with Crippen molar-refractivity contribution in [3.05, 3.63) is 52.5 Å². The van der Waals surface area contributed by atoms with Crippen LogP contribution in [-0.4, -0.2) is 37.2 Å². The molecule has 0 aliphatic carbocycles. The Morgan fingerprint density at radius 3 is 2.62 bits per heavy atom. The summed E-state index contributed by atoms with van der Waals surface area (Å²) < 4.78 is 42.7. The predicted octanol–water partition coefficient (Wildman–Crippen LogP) is 5.21. The first-order valence-corrected chi connectivity index (χ1v) is 11.6. The molecule has 0 saturated carbocycles. The first-order chi connectivity index (χ1) is 15.1. The Labute approximate surface area is 194 Å². The summed E-state index contributed by atoms with van der Waals surface area (Å²) in [7, 11) is 0. The average Bonchev–Trinajstić information content (AvgIpc) is 2.73. The molecule has 174 valence electrons. The number of ether oxygens (including phenoxy) is 1. The Hall–Kier alpha value is -2.10. The minimum atomic E-state index is -4.86. The number of nitrogens with zero attached hydrogens (tertiary/aromatic N) is 1. The van der Waals surface area contributed by atoms with Crippen LogP contribution in [-0.2, 0) is 6.54 Å². The largest absolute Gasteiger partial charge is 0.573 e. The number of thioether (sulfide) groups is 1. The molecule has 1 aliphatic rings. The summed E-state index contributed by atoms with van der Waals surface area (Å²) in [5.74, 6) is -0.0811. The quantitative estimate of drug-likeness (QED) is 0.525. The van der Waals surface area contributed by atoms with E-state index in [2.05, 4.69) is 10.1 Å². The normalized spacial score (nSPS) is 15.0. The number of anilines is 1. The van der Waals surface area contributed by atoms with Gasteiger partial charge in [-0.05, 0) is 54.5 Å². The van der Waals surface area contributed by atoms with Crippen molar-refractivity contribution in [2.75, 3.05) is 23.7 Å². The molecule has 3 rings (SSSR count). The summed E-state index contributed by atoms with van der Waals surface area (Å²) in [6.07, 6.45) is -3.42. The van der Waals surface area contributed by atoms with Gasteiger partial charge in [0.1, 0.15) is 5.75 Å². The van der Waals surface area contributed by atoms with Crippen LogP contribution in [0.15, 0.2) is 41.3 Å². The maximum Gasteiger partial charge on any atom is 0.573 e. The van der Waals surface area contributed by atoms with Crippen molar-refractivity contribution in [3.8, 4) is 5.75 Å². The highest BCUT2D eigenvalue weighted by Crippen LogP contribution is 2.31. The number of rotatable bonds is 7. The van der Waals surface area contributed by atoms with Crippen molar-refractivity contribution in [3.63, 3.8) is 0 Å². The molecule has 10 heteroatoms. The van der Waals surface area contributed by atoms with Crippen LogP contribution in [0, 0.1) is 0 Å². The molecule has 2 aromatic rings. The van der Waals surface area contributed by atoms with Gasteiger partial charge in [-0.15, -0.1) is 24.9 Å². The first kappa shape index (κ1) is 24.5. The lowest BCUT2D eigenvalue weighted by Gasteiger charge is -2.32. The van der Waals surface area contributed by atoms with Crippen LogP contribution in [0.5, 0.6) is 5.75 Å². The SMILES string of the molecule is CCSc1ccc(Cl)cc1CNC(=O)c1cc(OC(F)(F)F)cc(N2CCC(N)CC2)c1. The zero-order valence-electron chi connectivity index (χ0n) is 17.5. The number of carbonyl (C=O) groups is 1. The molecule has 5 nitrogen and oxygen atoms in total. The number of carbonyl (C=O) groups excluding carboxylic acids is 1. The lowest BCUT2D eigenvalue weighted by atomic mass is 10.0. The molecule has 3 N–H and O–H groups in total. The predicted molar refractivity (Wildman–Crippen MR) is 122 cm³/mol. The smallest absolute Gasteiger partial charge is 0.406 e. The average molecular weight is 488 g/mol. The second kappa shape index (κ2) is 10.7. The van der Waals surface area contributed by atoms with E-state index < -0.39 is 18.0 Å². The fourth-order valence-electron chi connectivity index (χ4n) is 3.51. The topological polar surface area (TPSA) is 67.6 Å². The number of benzene rings is 2. The summed E-state index contributed by atoms with van der Waals surface area (Å²) in [4.78, 5) is 15.7. The van der Waals surface area contributed by atoms with Crippen LogP contribution in [0.1, 0.15) is 35.7 Å². The van der Waals surface area contributed by atoms with E-state index in [0.717, 1.165) is 35.1 Å². The molecule has 1 amide bonds. The molecular weight excluding hydrogens is 463 g/mol. The van der Waals surface area contributed by atoms with E-state index in [1.807, 2.05) is 17.9 Å². The van der Waals surface area contributed by atoms with E-state index in [1.54, 1.807) is 30.0 Å². The van der Waals surface area contributed by atoms with Crippen molar-refractivity contribution in [1.82, 2.24) is 5.32 Å². The molecule has 1 fully saturated rings. The molecule has 2 aromatic carbocycles. The van der Waals surface area contributed by atoms with Gasteiger partial charge in [0.25, 0.3) is 5.91 Å². The lowest BCUT2D eigenvalue weighted by Crippen LogP contribution is -2.39. The number of alkyl halides is 3. The van der Waals surface area contributed by atoms with Gasteiger partial charge in [-0.1, -0.05) is 18.5 Å². The van der Waals surface area contributed by atoms with Crippen molar-refractivity contribution >= 4 is 35.0 Å². The molecule has 1 saturated heterocycles. The summed E-state index contributed by atoms with van der Waals surface area (Å²) in [5, 5.41) is 3.32. The molecule has 0 atom stereocenters. The highest BCUT2D eigenvalue weighted by atomic mass is 35.5. The van der Waals surface area contributed by atoms with Gasteiger partial charge in [-0.3, -0.25) is 4.79 Å². The zero-order chi connectivity index (χ0) is 23.3. The number of hydrogen-bond acceptors (Lipinski definition) is 5. The Morgan fingerprint density at radius 2 is 1.97 bits per heavy atom. The zero-order valence-corrected chi connectivity index (χ0v) is 19.1. The lowest BCUT2D eigenvalue weighted by molar-refractivity contribution is -0.274. The van der Waals surface area contributed by atoms with Gasteiger partial charge in [0.05, 0.1) is 0 Å². The number of amides is 1. The van der Waals surface area contributed by atoms with Crippen LogP contribution in [0.3, 0.4) is 0 Å². The Bertz CT molecular complexity index is 951. The maximum atomic E-state index is 12.9. The molecule has 32 heavy (non-hydrogen) atoms. The molecular formula is C22H25ClF3N3O2S. The van der Waals surface area contributed by atoms with E-state index in [4.69, 9.17) is 17.3 Å². The van der Waals surface area contributed by atoms with E-state index in [9.17, 15) is 18.0 Å². The molecule has 1 aliphatic heterocycles. The number of nitrogens with one attached hydrogen (secondary N) is 1. The van der Waals surface area contributed by atoms with Crippen LogP contribution >= 0.6 is 23.4 Å². The fraction of sp³-hybridized carbons (Fsp3) is 0.409. The summed E-state index contributed by atoms with van der Waals surface area (Å²) in [6, 6.07) is 9.47. The van der Waals surface area contributed by atoms with Crippen LogP contribution < -0.4 is 20.7 Å².